The molecular weight excluding hydrogens is 346 g/mol. The number of hydrogen-bond acceptors (Lipinski definition) is 4. The predicted molar refractivity (Wildman–Crippen MR) is 95.2 cm³/mol. The fraction of sp³-hybridized carbons (Fsp3) is 0.235. The van der Waals surface area contributed by atoms with Gasteiger partial charge in [0.15, 0.2) is 5.03 Å². The molecule has 0 spiro atoms. The van der Waals surface area contributed by atoms with Gasteiger partial charge in [0.2, 0.25) is 0 Å². The third-order valence-corrected chi connectivity index (χ3v) is 5.66. The molecule has 0 bridgehead atoms. The van der Waals surface area contributed by atoms with Crippen LogP contribution in [0.3, 0.4) is 0 Å². The van der Waals surface area contributed by atoms with Gasteiger partial charge in [-0.2, -0.15) is 0 Å². The molecule has 5 nitrogen and oxygen atoms in total. The zero-order chi connectivity index (χ0) is 17.3. The van der Waals surface area contributed by atoms with Gasteiger partial charge < -0.3 is 5.32 Å². The van der Waals surface area contributed by atoms with Crippen LogP contribution in [0.15, 0.2) is 48.0 Å². The molecule has 0 saturated heterocycles. The molecule has 0 fully saturated rings. The maximum atomic E-state index is 11.9. The van der Waals surface area contributed by atoms with Crippen LogP contribution in [0.4, 0.5) is 0 Å². The van der Waals surface area contributed by atoms with Crippen molar-refractivity contribution in [3.05, 3.63) is 64.8 Å². The lowest BCUT2D eigenvalue weighted by Crippen LogP contribution is -2.21. The summed E-state index contributed by atoms with van der Waals surface area (Å²) in [6.07, 6.45) is 1.88. The van der Waals surface area contributed by atoms with Gasteiger partial charge in [0.25, 0.3) is 10.0 Å². The summed E-state index contributed by atoms with van der Waals surface area (Å²) in [6.45, 7) is 4.01. The number of halogens is 1. The molecule has 0 radical (unpaired) electrons. The molecule has 126 valence electrons. The number of nitrogens with zero attached hydrogens (tertiary/aromatic N) is 1. The zero-order valence-corrected chi connectivity index (χ0v) is 14.8. The predicted octanol–water partition coefficient (Wildman–Crippen LogP) is 2.89. The Balaban J connectivity index is 1.81. The minimum atomic E-state index is -3.58. The average molecular weight is 364 g/mol. The van der Waals surface area contributed by atoms with Crippen molar-refractivity contribution in [3.8, 4) is 0 Å². The van der Waals surface area contributed by atoms with Crippen LogP contribution >= 0.6 is 11.6 Å². The summed E-state index contributed by atoms with van der Waals surface area (Å²) in [7, 11) is -2.22. The van der Waals surface area contributed by atoms with Crippen molar-refractivity contribution in [1.82, 2.24) is 15.0 Å². The molecule has 2 N–H and O–H groups in total. The smallest absolute Gasteiger partial charge is 0.257 e. The van der Waals surface area contributed by atoms with Crippen molar-refractivity contribution in [1.29, 1.82) is 0 Å². The highest BCUT2D eigenvalue weighted by molar-refractivity contribution is 7.89. The number of fused-ring (bicyclic) bond motifs is 1. The van der Waals surface area contributed by atoms with Crippen molar-refractivity contribution in [3.63, 3.8) is 0 Å². The molecule has 1 aliphatic carbocycles. The van der Waals surface area contributed by atoms with Gasteiger partial charge >= 0.3 is 0 Å². The highest BCUT2D eigenvalue weighted by Crippen LogP contribution is 2.34. The summed E-state index contributed by atoms with van der Waals surface area (Å²) in [4.78, 5) is 4.19. The van der Waals surface area contributed by atoms with Gasteiger partial charge in [0, 0.05) is 5.02 Å². The number of rotatable bonds is 5. The fourth-order valence-corrected chi connectivity index (χ4v) is 3.74. The van der Waals surface area contributed by atoms with Crippen molar-refractivity contribution in [2.45, 2.75) is 23.9 Å². The van der Waals surface area contributed by atoms with E-state index in [9.17, 15) is 8.42 Å². The molecule has 0 saturated carbocycles. The summed E-state index contributed by atoms with van der Waals surface area (Å²) in [5.74, 6) is 0. The Labute approximate surface area is 146 Å². The van der Waals surface area contributed by atoms with Gasteiger partial charge in [-0.25, -0.2) is 18.1 Å². The summed E-state index contributed by atoms with van der Waals surface area (Å²) >= 11 is 6.04. The Morgan fingerprint density at radius 1 is 1.33 bits per heavy atom. The molecule has 0 aliphatic heterocycles. The molecule has 1 aromatic carbocycles. The lowest BCUT2D eigenvalue weighted by atomic mass is 10.1. The number of aromatic nitrogens is 1. The summed E-state index contributed by atoms with van der Waals surface area (Å²) in [6, 6.07) is 10.8. The Morgan fingerprint density at radius 2 is 2.12 bits per heavy atom. The Bertz CT molecular complexity index is 896. The van der Waals surface area contributed by atoms with Crippen LogP contribution < -0.4 is 10.0 Å². The monoisotopic (exact) mass is 363 g/mol. The quantitative estimate of drug-likeness (QED) is 0.856. The number of benzene rings is 1. The van der Waals surface area contributed by atoms with Crippen LogP contribution in [0, 0.1) is 0 Å². The van der Waals surface area contributed by atoms with E-state index in [1.807, 2.05) is 18.2 Å². The number of hydrogen-bond donors (Lipinski definition) is 2. The molecule has 0 amide bonds. The van der Waals surface area contributed by atoms with Gasteiger partial charge in [0.1, 0.15) is 0 Å². The van der Waals surface area contributed by atoms with E-state index in [0.717, 1.165) is 17.9 Å². The maximum Gasteiger partial charge on any atom is 0.257 e. The van der Waals surface area contributed by atoms with Crippen LogP contribution in [0.5, 0.6) is 0 Å². The summed E-state index contributed by atoms with van der Waals surface area (Å²) in [5, 5.41) is 4.06. The van der Waals surface area contributed by atoms with Crippen LogP contribution in [0.25, 0.3) is 5.70 Å². The molecule has 1 aromatic heterocycles. The largest absolute Gasteiger partial charge is 0.377 e. The van der Waals surface area contributed by atoms with E-state index in [-0.39, 0.29) is 11.1 Å². The molecule has 3 rings (SSSR count). The van der Waals surface area contributed by atoms with E-state index in [1.165, 1.54) is 24.2 Å². The molecule has 1 heterocycles. The lowest BCUT2D eigenvalue weighted by molar-refractivity contribution is 0.584. The first-order chi connectivity index (χ1) is 11.4. The second-order valence-electron chi connectivity index (χ2n) is 5.63. The van der Waals surface area contributed by atoms with Gasteiger partial charge in [-0.3, -0.25) is 0 Å². The minimum absolute atomic E-state index is 0.0240. The van der Waals surface area contributed by atoms with E-state index < -0.39 is 10.0 Å². The lowest BCUT2D eigenvalue weighted by Gasteiger charge is -2.17. The van der Waals surface area contributed by atoms with Crippen molar-refractivity contribution >= 4 is 27.3 Å². The molecule has 24 heavy (non-hydrogen) atoms. The molecule has 2 aromatic rings. The average Bonchev–Trinajstić information content (AvgIpc) is 2.96. The SMILES string of the molecule is C=C(N[C@@H]1CCc2cc(Cl)ccc21)c1cccc(S(=O)(=O)NC)n1. The van der Waals surface area contributed by atoms with Gasteiger partial charge in [0.05, 0.1) is 17.4 Å². The van der Waals surface area contributed by atoms with E-state index in [1.54, 1.807) is 12.1 Å². The second-order valence-corrected chi connectivity index (χ2v) is 7.90. The minimum Gasteiger partial charge on any atom is -0.377 e. The number of pyridine rings is 1. The second kappa shape index (κ2) is 6.55. The van der Waals surface area contributed by atoms with E-state index in [4.69, 9.17) is 11.6 Å². The zero-order valence-electron chi connectivity index (χ0n) is 13.2. The molecular formula is C17H18ClN3O2S. The van der Waals surface area contributed by atoms with Crippen molar-refractivity contribution in [2.24, 2.45) is 0 Å². The fourth-order valence-electron chi connectivity index (χ4n) is 2.86. The van der Waals surface area contributed by atoms with Crippen molar-refractivity contribution < 1.29 is 8.42 Å². The summed E-state index contributed by atoms with van der Waals surface area (Å²) < 4.78 is 26.0. The van der Waals surface area contributed by atoms with Crippen LogP contribution in [-0.4, -0.2) is 20.4 Å². The van der Waals surface area contributed by atoms with Gasteiger partial charge in [-0.15, -0.1) is 0 Å². The van der Waals surface area contributed by atoms with Crippen molar-refractivity contribution in [2.75, 3.05) is 7.05 Å². The molecule has 1 aliphatic rings. The third kappa shape index (κ3) is 3.31. The van der Waals surface area contributed by atoms with Gasteiger partial charge in [-0.05, 0) is 55.3 Å². The van der Waals surface area contributed by atoms with Crippen LogP contribution in [0.1, 0.15) is 29.3 Å². The Morgan fingerprint density at radius 3 is 2.88 bits per heavy atom. The molecule has 1 atom stereocenters. The van der Waals surface area contributed by atoms with E-state index >= 15 is 0 Å². The Kier molecular flexibility index (Phi) is 4.62. The standard InChI is InChI=1S/C17H18ClN3O2S/c1-11(15-4-3-5-17(21-15)24(22,23)19-2)20-16-9-6-12-10-13(18)7-8-14(12)16/h3-5,7-8,10,16,19-20H,1,6,9H2,2H3/t16-/m1/s1. The number of aryl methyl sites for hydroxylation is 1. The van der Waals surface area contributed by atoms with E-state index in [0.29, 0.717) is 11.4 Å². The highest BCUT2D eigenvalue weighted by atomic mass is 35.5. The van der Waals surface area contributed by atoms with Crippen LogP contribution in [-0.2, 0) is 16.4 Å². The Hall–Kier alpha value is -1.89. The first-order valence-electron chi connectivity index (χ1n) is 7.55. The van der Waals surface area contributed by atoms with E-state index in [2.05, 4.69) is 21.6 Å². The first kappa shape index (κ1) is 17.0. The third-order valence-electron chi connectivity index (χ3n) is 4.11. The molecule has 0 unspecified atom stereocenters. The van der Waals surface area contributed by atoms with Gasteiger partial charge in [-0.1, -0.05) is 30.3 Å². The first-order valence-corrected chi connectivity index (χ1v) is 9.41. The number of sulfonamides is 1. The van der Waals surface area contributed by atoms with Crippen LogP contribution in [0.2, 0.25) is 5.02 Å². The number of nitrogens with one attached hydrogen (secondary N) is 2. The summed E-state index contributed by atoms with van der Waals surface area (Å²) in [5.41, 5.74) is 3.52. The normalized spacial score (nSPS) is 16.7. The maximum absolute atomic E-state index is 11.9. The highest BCUT2D eigenvalue weighted by Gasteiger charge is 2.23. The molecule has 7 heteroatoms. The topological polar surface area (TPSA) is 71.1 Å².